The first-order valence-corrected chi connectivity index (χ1v) is 5.80. The Hall–Kier alpha value is -1.36. The molecule has 84 valence electrons. The predicted molar refractivity (Wildman–Crippen MR) is 62.8 cm³/mol. The van der Waals surface area contributed by atoms with Crippen LogP contribution in [0.4, 0.5) is 4.79 Å². The van der Waals surface area contributed by atoms with Crippen LogP contribution in [0.3, 0.4) is 0 Å². The third-order valence-corrected chi connectivity index (χ3v) is 3.07. The maximum Gasteiger partial charge on any atom is 0.325 e. The summed E-state index contributed by atoms with van der Waals surface area (Å²) < 4.78 is 0.945. The lowest BCUT2D eigenvalue weighted by Crippen LogP contribution is -2.30. The van der Waals surface area contributed by atoms with E-state index in [2.05, 4.69) is 21.2 Å². The van der Waals surface area contributed by atoms with Gasteiger partial charge < -0.3 is 5.32 Å². The van der Waals surface area contributed by atoms with E-state index < -0.39 is 6.04 Å². The van der Waals surface area contributed by atoms with E-state index in [1.807, 2.05) is 24.3 Å². The number of hydrogen-bond acceptors (Lipinski definition) is 2. The fraction of sp³-hybridized carbons (Fsp3) is 0.273. The molecule has 0 aromatic heterocycles. The SMILES string of the molecule is CCN1C(=O)NC(c2ccc(Br)cc2)C1=O. The lowest BCUT2D eigenvalue weighted by molar-refractivity contribution is -0.127. The number of rotatable bonds is 2. The van der Waals surface area contributed by atoms with Crippen LogP contribution in [-0.4, -0.2) is 23.4 Å². The fourth-order valence-corrected chi connectivity index (χ4v) is 1.96. The van der Waals surface area contributed by atoms with Gasteiger partial charge in [0.2, 0.25) is 0 Å². The molecule has 1 unspecified atom stereocenters. The van der Waals surface area contributed by atoms with Crippen LogP contribution in [0.2, 0.25) is 0 Å². The van der Waals surface area contributed by atoms with Gasteiger partial charge in [0.05, 0.1) is 0 Å². The molecule has 0 spiro atoms. The Morgan fingerprint density at radius 1 is 1.31 bits per heavy atom. The van der Waals surface area contributed by atoms with E-state index in [1.54, 1.807) is 6.92 Å². The molecule has 1 atom stereocenters. The van der Waals surface area contributed by atoms with Crippen molar-refractivity contribution < 1.29 is 9.59 Å². The lowest BCUT2D eigenvalue weighted by Gasteiger charge is -2.09. The van der Waals surface area contributed by atoms with Crippen molar-refractivity contribution >= 4 is 27.9 Å². The Balaban J connectivity index is 2.27. The van der Waals surface area contributed by atoms with E-state index in [0.717, 1.165) is 10.0 Å². The number of halogens is 1. The topological polar surface area (TPSA) is 49.4 Å². The Bertz CT molecular complexity index is 430. The van der Waals surface area contributed by atoms with E-state index in [1.165, 1.54) is 4.90 Å². The van der Waals surface area contributed by atoms with Crippen LogP contribution in [0.1, 0.15) is 18.5 Å². The molecule has 16 heavy (non-hydrogen) atoms. The molecule has 1 aliphatic heterocycles. The molecule has 0 saturated carbocycles. The van der Waals surface area contributed by atoms with Crippen LogP contribution >= 0.6 is 15.9 Å². The van der Waals surface area contributed by atoms with Crippen molar-refractivity contribution in [2.24, 2.45) is 0 Å². The zero-order valence-electron chi connectivity index (χ0n) is 8.74. The van der Waals surface area contributed by atoms with Crippen molar-refractivity contribution in [2.75, 3.05) is 6.54 Å². The Morgan fingerprint density at radius 3 is 2.44 bits per heavy atom. The number of amides is 3. The van der Waals surface area contributed by atoms with Crippen molar-refractivity contribution in [3.05, 3.63) is 34.3 Å². The predicted octanol–water partition coefficient (Wildman–Crippen LogP) is 2.06. The molecular formula is C11H11BrN2O2. The molecule has 1 heterocycles. The molecule has 1 aromatic carbocycles. The van der Waals surface area contributed by atoms with Crippen LogP contribution in [0.5, 0.6) is 0 Å². The van der Waals surface area contributed by atoms with E-state index >= 15 is 0 Å². The van der Waals surface area contributed by atoms with E-state index in [-0.39, 0.29) is 11.9 Å². The molecule has 1 N–H and O–H groups in total. The normalized spacial score (nSPS) is 20.1. The van der Waals surface area contributed by atoms with Gasteiger partial charge in [-0.2, -0.15) is 0 Å². The number of nitrogens with zero attached hydrogens (tertiary/aromatic N) is 1. The summed E-state index contributed by atoms with van der Waals surface area (Å²) in [7, 11) is 0. The first-order chi connectivity index (χ1) is 7.63. The maximum absolute atomic E-state index is 11.9. The number of likely N-dealkylation sites (N-methyl/N-ethyl adjacent to an activating group) is 1. The van der Waals surface area contributed by atoms with Crippen molar-refractivity contribution in [1.82, 2.24) is 10.2 Å². The summed E-state index contributed by atoms with van der Waals surface area (Å²) in [4.78, 5) is 24.5. The summed E-state index contributed by atoms with van der Waals surface area (Å²) in [6.45, 7) is 2.18. The van der Waals surface area contributed by atoms with E-state index in [9.17, 15) is 9.59 Å². The van der Waals surface area contributed by atoms with Crippen molar-refractivity contribution in [3.8, 4) is 0 Å². The van der Waals surface area contributed by atoms with Gasteiger partial charge in [-0.05, 0) is 24.6 Å². The molecule has 3 amide bonds. The molecule has 1 fully saturated rings. The fourth-order valence-electron chi connectivity index (χ4n) is 1.70. The molecule has 2 rings (SSSR count). The van der Waals surface area contributed by atoms with Crippen molar-refractivity contribution in [2.45, 2.75) is 13.0 Å². The van der Waals surface area contributed by atoms with Gasteiger partial charge in [0, 0.05) is 11.0 Å². The van der Waals surface area contributed by atoms with Gasteiger partial charge in [0.15, 0.2) is 0 Å². The summed E-state index contributed by atoms with van der Waals surface area (Å²) in [6, 6.07) is 6.49. The number of carbonyl (C=O) groups excluding carboxylic acids is 2. The standard InChI is InChI=1S/C11H11BrN2O2/c1-2-14-10(15)9(13-11(14)16)7-3-5-8(12)6-4-7/h3-6,9H,2H2,1H3,(H,13,16). The maximum atomic E-state index is 11.9. The highest BCUT2D eigenvalue weighted by Crippen LogP contribution is 2.23. The average molecular weight is 283 g/mol. The zero-order valence-corrected chi connectivity index (χ0v) is 10.3. The molecule has 0 radical (unpaired) electrons. The number of imide groups is 1. The van der Waals surface area contributed by atoms with Gasteiger partial charge in [-0.15, -0.1) is 0 Å². The second kappa shape index (κ2) is 4.25. The first-order valence-electron chi connectivity index (χ1n) is 5.01. The molecule has 0 aliphatic carbocycles. The Labute approximate surface area is 102 Å². The highest BCUT2D eigenvalue weighted by molar-refractivity contribution is 9.10. The van der Waals surface area contributed by atoms with Crippen LogP contribution in [-0.2, 0) is 4.79 Å². The summed E-state index contributed by atoms with van der Waals surface area (Å²) >= 11 is 3.32. The number of benzene rings is 1. The van der Waals surface area contributed by atoms with Gasteiger partial charge in [-0.3, -0.25) is 9.69 Å². The minimum atomic E-state index is -0.541. The second-order valence-corrected chi connectivity index (χ2v) is 4.43. The van der Waals surface area contributed by atoms with E-state index in [4.69, 9.17) is 0 Å². The lowest BCUT2D eigenvalue weighted by atomic mass is 10.1. The third-order valence-electron chi connectivity index (χ3n) is 2.55. The highest BCUT2D eigenvalue weighted by Gasteiger charge is 2.37. The highest BCUT2D eigenvalue weighted by atomic mass is 79.9. The van der Waals surface area contributed by atoms with Crippen molar-refractivity contribution in [3.63, 3.8) is 0 Å². The zero-order chi connectivity index (χ0) is 11.7. The van der Waals surface area contributed by atoms with Gasteiger partial charge >= 0.3 is 6.03 Å². The van der Waals surface area contributed by atoms with Gasteiger partial charge in [-0.1, -0.05) is 28.1 Å². The summed E-state index contributed by atoms with van der Waals surface area (Å²) in [5.74, 6) is -0.185. The Morgan fingerprint density at radius 2 is 1.94 bits per heavy atom. The molecule has 5 heteroatoms. The van der Waals surface area contributed by atoms with Gasteiger partial charge in [-0.25, -0.2) is 4.79 Å². The molecule has 1 aromatic rings. The first kappa shape index (κ1) is 11.1. The van der Waals surface area contributed by atoms with Crippen LogP contribution in [0.25, 0.3) is 0 Å². The monoisotopic (exact) mass is 282 g/mol. The minimum Gasteiger partial charge on any atom is -0.322 e. The number of urea groups is 1. The second-order valence-electron chi connectivity index (χ2n) is 3.52. The molecule has 0 bridgehead atoms. The number of hydrogen-bond donors (Lipinski definition) is 1. The molecule has 1 aliphatic rings. The largest absolute Gasteiger partial charge is 0.325 e. The van der Waals surface area contributed by atoms with E-state index in [0.29, 0.717) is 6.54 Å². The number of nitrogens with one attached hydrogen (secondary N) is 1. The van der Waals surface area contributed by atoms with Crippen LogP contribution < -0.4 is 5.32 Å². The quantitative estimate of drug-likeness (QED) is 0.845. The molecule has 1 saturated heterocycles. The Kier molecular flexibility index (Phi) is 2.96. The molecule has 4 nitrogen and oxygen atoms in total. The summed E-state index contributed by atoms with van der Waals surface area (Å²) in [5.41, 5.74) is 0.803. The number of carbonyl (C=O) groups is 2. The van der Waals surface area contributed by atoms with Gasteiger partial charge in [0.25, 0.3) is 5.91 Å². The van der Waals surface area contributed by atoms with Gasteiger partial charge in [0.1, 0.15) is 6.04 Å². The molecular weight excluding hydrogens is 272 g/mol. The van der Waals surface area contributed by atoms with Crippen LogP contribution in [0, 0.1) is 0 Å². The smallest absolute Gasteiger partial charge is 0.322 e. The minimum absolute atomic E-state index is 0.185. The van der Waals surface area contributed by atoms with Crippen LogP contribution in [0.15, 0.2) is 28.7 Å². The average Bonchev–Trinajstić information content (AvgIpc) is 2.55. The summed E-state index contributed by atoms with van der Waals surface area (Å²) in [6.07, 6.45) is 0. The third kappa shape index (κ3) is 1.82. The summed E-state index contributed by atoms with van der Waals surface area (Å²) in [5, 5.41) is 2.66. The van der Waals surface area contributed by atoms with Crippen molar-refractivity contribution in [1.29, 1.82) is 0 Å².